The predicted octanol–water partition coefficient (Wildman–Crippen LogP) is 4.01. The summed E-state index contributed by atoms with van der Waals surface area (Å²) in [6.07, 6.45) is 2.14. The molecule has 0 bridgehead atoms. The summed E-state index contributed by atoms with van der Waals surface area (Å²) in [4.78, 5) is 2.33. The van der Waals surface area contributed by atoms with E-state index in [1.807, 2.05) is 36.4 Å². The molecule has 0 fully saturated rings. The summed E-state index contributed by atoms with van der Waals surface area (Å²) in [5, 5.41) is 11.2. The van der Waals surface area contributed by atoms with Gasteiger partial charge >= 0.3 is 7.12 Å². The number of methoxy groups -OCH3 is 1. The van der Waals surface area contributed by atoms with Crippen LogP contribution in [-0.2, 0) is 11.3 Å². The zero-order valence-corrected chi connectivity index (χ0v) is 16.1. The average Bonchev–Trinajstić information content (AvgIpc) is 3.29. The van der Waals surface area contributed by atoms with Gasteiger partial charge < -0.3 is 19.0 Å². The minimum atomic E-state index is -0.852. The molecule has 0 spiro atoms. The molecule has 0 radical (unpaired) electrons. The zero-order valence-electron chi connectivity index (χ0n) is 15.3. The number of ether oxygens (including phenoxy) is 1. The Bertz CT molecular complexity index is 1160. The van der Waals surface area contributed by atoms with Crippen LogP contribution >= 0.6 is 11.8 Å². The van der Waals surface area contributed by atoms with E-state index in [4.69, 9.17) is 9.39 Å². The molecule has 28 heavy (non-hydrogen) atoms. The molecule has 4 nitrogen and oxygen atoms in total. The van der Waals surface area contributed by atoms with E-state index in [2.05, 4.69) is 41.1 Å². The molecule has 138 valence electrons. The van der Waals surface area contributed by atoms with Crippen LogP contribution in [0.2, 0.25) is 0 Å². The van der Waals surface area contributed by atoms with Crippen molar-refractivity contribution in [1.82, 2.24) is 4.57 Å². The summed E-state index contributed by atoms with van der Waals surface area (Å²) in [6.45, 7) is 0.454. The molecular weight excluding hydrogens is 369 g/mol. The molecule has 0 aliphatic carbocycles. The lowest BCUT2D eigenvalue weighted by Crippen LogP contribution is -2.28. The van der Waals surface area contributed by atoms with Gasteiger partial charge in [-0.1, -0.05) is 36.0 Å². The smallest absolute Gasteiger partial charge is 0.491 e. The second-order valence-electron chi connectivity index (χ2n) is 6.71. The molecule has 0 atom stereocenters. The van der Waals surface area contributed by atoms with Gasteiger partial charge in [-0.25, -0.2) is 0 Å². The van der Waals surface area contributed by atoms with Crippen molar-refractivity contribution in [2.24, 2.45) is 0 Å². The van der Waals surface area contributed by atoms with Crippen molar-refractivity contribution in [3.63, 3.8) is 0 Å². The predicted molar refractivity (Wildman–Crippen MR) is 113 cm³/mol. The third-order valence-electron chi connectivity index (χ3n) is 5.02. The molecule has 4 aromatic rings. The highest BCUT2D eigenvalue weighted by Gasteiger charge is 2.27. The minimum absolute atomic E-state index is 0.454. The Labute approximate surface area is 167 Å². The van der Waals surface area contributed by atoms with Crippen LogP contribution in [0.25, 0.3) is 16.6 Å². The first kappa shape index (κ1) is 17.4. The lowest BCUT2D eigenvalue weighted by atomic mass is 9.79. The molecule has 1 aliphatic rings. The fraction of sp³-hybridized carbons (Fsp3) is 0.0909. The summed E-state index contributed by atoms with van der Waals surface area (Å²) in [6, 6.07) is 22.6. The SMILES string of the molecule is COc1ccc2c(c1)c(Sc1ccccc1)cn2-c1ccc2c(c1)B(O)OC2. The van der Waals surface area contributed by atoms with Gasteiger partial charge in [0.05, 0.1) is 19.2 Å². The molecule has 0 unspecified atom stereocenters. The first-order chi connectivity index (χ1) is 13.7. The van der Waals surface area contributed by atoms with Crippen LogP contribution < -0.4 is 10.2 Å². The number of benzene rings is 3. The van der Waals surface area contributed by atoms with Crippen LogP contribution in [0.15, 0.2) is 82.7 Å². The summed E-state index contributed by atoms with van der Waals surface area (Å²) in [5.74, 6) is 0.831. The molecule has 0 saturated heterocycles. The standard InChI is InChI=1S/C22H18BNO3S/c1-26-17-9-10-21-19(12-17)22(28-18-5-3-2-4-6-18)13-24(21)16-8-7-15-14-27-23(25)20(15)11-16/h2-13,25H,14H2,1H3. The van der Waals surface area contributed by atoms with E-state index < -0.39 is 7.12 Å². The van der Waals surface area contributed by atoms with E-state index in [9.17, 15) is 5.02 Å². The van der Waals surface area contributed by atoms with Gasteiger partial charge in [0.2, 0.25) is 0 Å². The summed E-state index contributed by atoms with van der Waals surface area (Å²) in [5.41, 5.74) is 3.96. The van der Waals surface area contributed by atoms with Crippen molar-refractivity contribution < 1.29 is 14.4 Å². The van der Waals surface area contributed by atoms with Crippen LogP contribution in [0, 0.1) is 0 Å². The number of aromatic nitrogens is 1. The molecule has 6 heteroatoms. The monoisotopic (exact) mass is 387 g/mol. The van der Waals surface area contributed by atoms with Gasteiger partial charge in [0.1, 0.15) is 5.75 Å². The van der Waals surface area contributed by atoms with Crippen LogP contribution in [-0.4, -0.2) is 23.8 Å². The largest absolute Gasteiger partial charge is 0.497 e. The van der Waals surface area contributed by atoms with Gasteiger partial charge in [-0.15, -0.1) is 0 Å². The molecule has 1 N–H and O–H groups in total. The van der Waals surface area contributed by atoms with Crippen LogP contribution in [0.5, 0.6) is 5.75 Å². The van der Waals surface area contributed by atoms with Crippen molar-refractivity contribution in [3.8, 4) is 11.4 Å². The van der Waals surface area contributed by atoms with Crippen molar-refractivity contribution >= 4 is 35.2 Å². The van der Waals surface area contributed by atoms with Crippen molar-refractivity contribution in [2.45, 2.75) is 16.4 Å². The average molecular weight is 387 g/mol. The number of hydrogen-bond donors (Lipinski definition) is 1. The Morgan fingerprint density at radius 1 is 1.07 bits per heavy atom. The van der Waals surface area contributed by atoms with E-state index in [0.29, 0.717) is 6.61 Å². The van der Waals surface area contributed by atoms with Gasteiger partial charge in [-0.05, 0) is 53.5 Å². The Morgan fingerprint density at radius 2 is 1.93 bits per heavy atom. The van der Waals surface area contributed by atoms with Crippen LogP contribution in [0.4, 0.5) is 0 Å². The van der Waals surface area contributed by atoms with Gasteiger partial charge in [0.25, 0.3) is 0 Å². The number of nitrogens with zero attached hydrogens (tertiary/aromatic N) is 1. The fourth-order valence-electron chi connectivity index (χ4n) is 3.57. The van der Waals surface area contributed by atoms with Crippen molar-refractivity contribution in [3.05, 3.63) is 78.5 Å². The normalized spacial score (nSPS) is 13.1. The third-order valence-corrected chi connectivity index (χ3v) is 6.07. The lowest BCUT2D eigenvalue weighted by Gasteiger charge is -2.08. The maximum Gasteiger partial charge on any atom is 0.491 e. The summed E-state index contributed by atoms with van der Waals surface area (Å²) >= 11 is 1.73. The van der Waals surface area contributed by atoms with E-state index in [-0.39, 0.29) is 0 Å². The Balaban J connectivity index is 1.66. The van der Waals surface area contributed by atoms with E-state index >= 15 is 0 Å². The van der Waals surface area contributed by atoms with E-state index in [1.54, 1.807) is 18.9 Å². The zero-order chi connectivity index (χ0) is 19.1. The van der Waals surface area contributed by atoms with Crippen molar-refractivity contribution in [1.29, 1.82) is 0 Å². The number of fused-ring (bicyclic) bond motifs is 2. The van der Waals surface area contributed by atoms with E-state index in [1.165, 1.54) is 4.90 Å². The Kier molecular flexibility index (Phi) is 4.39. The molecule has 1 aliphatic heterocycles. The summed E-state index contributed by atoms with van der Waals surface area (Å²) in [7, 11) is 0.833. The van der Waals surface area contributed by atoms with Gasteiger partial charge in [0.15, 0.2) is 0 Å². The second-order valence-corrected chi connectivity index (χ2v) is 7.82. The molecule has 0 saturated carbocycles. The third kappa shape index (κ3) is 3.00. The topological polar surface area (TPSA) is 43.6 Å². The first-order valence-electron chi connectivity index (χ1n) is 9.08. The quantitative estimate of drug-likeness (QED) is 0.538. The van der Waals surface area contributed by atoms with Crippen LogP contribution in [0.1, 0.15) is 5.56 Å². The van der Waals surface area contributed by atoms with Gasteiger partial charge in [-0.2, -0.15) is 0 Å². The summed E-state index contributed by atoms with van der Waals surface area (Å²) < 4.78 is 12.9. The highest BCUT2D eigenvalue weighted by atomic mass is 32.2. The maximum absolute atomic E-state index is 10.1. The fourth-order valence-corrected chi connectivity index (χ4v) is 4.55. The van der Waals surface area contributed by atoms with Crippen molar-refractivity contribution in [2.75, 3.05) is 7.11 Å². The molecule has 2 heterocycles. The molecule has 5 rings (SSSR count). The van der Waals surface area contributed by atoms with Crippen LogP contribution in [0.3, 0.4) is 0 Å². The second kappa shape index (κ2) is 7.06. The minimum Gasteiger partial charge on any atom is -0.497 e. The molecule has 1 aromatic heterocycles. The van der Waals surface area contributed by atoms with Gasteiger partial charge in [-0.3, -0.25) is 0 Å². The maximum atomic E-state index is 10.1. The lowest BCUT2D eigenvalue weighted by molar-refractivity contribution is 0.275. The molecule has 0 amide bonds. The Hall–Kier alpha value is -2.67. The highest BCUT2D eigenvalue weighted by Crippen LogP contribution is 2.37. The number of rotatable bonds is 4. The van der Waals surface area contributed by atoms with Gasteiger partial charge in [0, 0.05) is 27.1 Å². The first-order valence-corrected chi connectivity index (χ1v) is 9.89. The van der Waals surface area contributed by atoms with E-state index in [0.717, 1.165) is 38.3 Å². The molecular formula is C22H18BNO3S. The number of hydrogen-bond acceptors (Lipinski definition) is 4. The highest BCUT2D eigenvalue weighted by molar-refractivity contribution is 7.99. The Morgan fingerprint density at radius 3 is 2.75 bits per heavy atom. The molecule has 3 aromatic carbocycles.